The van der Waals surface area contributed by atoms with Crippen molar-refractivity contribution in [2.75, 3.05) is 12.8 Å². The molecule has 2 aromatic rings. The van der Waals surface area contributed by atoms with Gasteiger partial charge in [0.25, 0.3) is 0 Å². The summed E-state index contributed by atoms with van der Waals surface area (Å²) in [4.78, 5) is 15.9. The van der Waals surface area contributed by atoms with Crippen molar-refractivity contribution in [1.82, 2.24) is 4.98 Å². The van der Waals surface area contributed by atoms with E-state index in [4.69, 9.17) is 20.3 Å². The normalized spacial score (nSPS) is 10.2. The lowest BCUT2D eigenvalue weighted by atomic mass is 10.1. The molecule has 0 aliphatic heterocycles. The summed E-state index contributed by atoms with van der Waals surface area (Å²) in [6, 6.07) is 2.79. The van der Waals surface area contributed by atoms with Crippen LogP contribution in [0, 0.1) is 0 Å². The minimum Gasteiger partial charge on any atom is -0.493 e. The van der Waals surface area contributed by atoms with Gasteiger partial charge in [-0.3, -0.25) is 4.98 Å². The van der Waals surface area contributed by atoms with Gasteiger partial charge in [0, 0.05) is 18.3 Å². The molecule has 7 heteroatoms. The zero-order valence-corrected chi connectivity index (χ0v) is 10.9. The highest BCUT2D eigenvalue weighted by Crippen LogP contribution is 2.33. The molecule has 1 heterocycles. The molecular formula is C12H12N2O4S. The van der Waals surface area contributed by atoms with E-state index in [9.17, 15) is 4.79 Å². The molecule has 19 heavy (non-hydrogen) atoms. The van der Waals surface area contributed by atoms with Gasteiger partial charge in [-0.1, -0.05) is 0 Å². The lowest BCUT2D eigenvalue weighted by Crippen LogP contribution is -2.05. The van der Waals surface area contributed by atoms with Crippen molar-refractivity contribution < 1.29 is 19.4 Å². The van der Waals surface area contributed by atoms with E-state index in [1.165, 1.54) is 30.6 Å². The third-order valence-electron chi connectivity index (χ3n) is 2.42. The number of rotatable bonds is 5. The van der Waals surface area contributed by atoms with Gasteiger partial charge >= 0.3 is 5.97 Å². The first-order valence-corrected chi connectivity index (χ1v) is 6.20. The second-order valence-corrected chi connectivity index (χ2v) is 4.62. The van der Waals surface area contributed by atoms with Crippen molar-refractivity contribution >= 4 is 23.0 Å². The Morgan fingerprint density at radius 2 is 2.26 bits per heavy atom. The van der Waals surface area contributed by atoms with E-state index in [0.29, 0.717) is 18.1 Å². The van der Waals surface area contributed by atoms with E-state index >= 15 is 0 Å². The predicted molar refractivity (Wildman–Crippen MR) is 70.8 cm³/mol. The van der Waals surface area contributed by atoms with Crippen LogP contribution in [0.2, 0.25) is 0 Å². The maximum atomic E-state index is 11.0. The number of anilines is 1. The molecule has 0 atom stereocenters. The van der Waals surface area contributed by atoms with Crippen LogP contribution in [0.5, 0.6) is 11.5 Å². The quantitative estimate of drug-likeness (QED) is 0.813. The summed E-state index contributed by atoms with van der Waals surface area (Å²) in [5, 5.41) is 9.02. The van der Waals surface area contributed by atoms with Gasteiger partial charge in [0.05, 0.1) is 28.7 Å². The highest BCUT2D eigenvalue weighted by atomic mass is 32.1. The molecule has 0 bridgehead atoms. The highest BCUT2D eigenvalue weighted by Gasteiger charge is 2.15. The van der Waals surface area contributed by atoms with Crippen molar-refractivity contribution in [2.45, 2.75) is 6.61 Å². The van der Waals surface area contributed by atoms with Crippen molar-refractivity contribution in [3.63, 3.8) is 0 Å². The van der Waals surface area contributed by atoms with Crippen LogP contribution in [0.4, 0.5) is 5.69 Å². The summed E-state index contributed by atoms with van der Waals surface area (Å²) >= 11 is 1.45. The van der Waals surface area contributed by atoms with Crippen LogP contribution in [0.25, 0.3) is 0 Å². The molecule has 0 fully saturated rings. The number of nitrogens with two attached hydrogens (primary N) is 1. The van der Waals surface area contributed by atoms with E-state index in [1.54, 1.807) is 11.7 Å². The predicted octanol–water partition coefficient (Wildman–Crippen LogP) is 2.01. The largest absolute Gasteiger partial charge is 0.493 e. The molecule has 3 N–H and O–H groups in total. The Morgan fingerprint density at radius 1 is 1.47 bits per heavy atom. The number of aromatic nitrogens is 1. The van der Waals surface area contributed by atoms with Gasteiger partial charge in [-0.05, 0) is 0 Å². The lowest BCUT2D eigenvalue weighted by Gasteiger charge is -2.12. The number of methoxy groups -OCH3 is 1. The summed E-state index contributed by atoms with van der Waals surface area (Å²) in [5.41, 5.74) is 7.45. The zero-order chi connectivity index (χ0) is 13.8. The number of thiazole rings is 1. The van der Waals surface area contributed by atoms with Crippen LogP contribution >= 0.6 is 11.3 Å². The fraction of sp³-hybridized carbons (Fsp3) is 0.167. The first-order valence-electron chi connectivity index (χ1n) is 5.32. The van der Waals surface area contributed by atoms with Crippen LogP contribution < -0.4 is 15.2 Å². The Balaban J connectivity index is 2.26. The molecule has 0 saturated heterocycles. The number of ether oxygens (including phenoxy) is 2. The summed E-state index contributed by atoms with van der Waals surface area (Å²) in [6.07, 6.45) is 1.69. The van der Waals surface area contributed by atoms with Gasteiger partial charge in [0.15, 0.2) is 11.5 Å². The Morgan fingerprint density at radius 3 is 2.84 bits per heavy atom. The van der Waals surface area contributed by atoms with Gasteiger partial charge in [-0.15, -0.1) is 11.3 Å². The van der Waals surface area contributed by atoms with E-state index in [1.807, 2.05) is 0 Å². The molecule has 100 valence electrons. The first-order chi connectivity index (χ1) is 9.11. The monoisotopic (exact) mass is 280 g/mol. The Bertz CT molecular complexity index is 584. The Labute approximate surface area is 113 Å². The number of hydrogen-bond donors (Lipinski definition) is 2. The van der Waals surface area contributed by atoms with Crippen LogP contribution in [-0.2, 0) is 6.61 Å². The zero-order valence-electron chi connectivity index (χ0n) is 10.1. The molecule has 1 aromatic heterocycles. The topological polar surface area (TPSA) is 94.7 Å². The van der Waals surface area contributed by atoms with Crippen LogP contribution in [0.3, 0.4) is 0 Å². The number of hydrogen-bond acceptors (Lipinski definition) is 6. The summed E-state index contributed by atoms with van der Waals surface area (Å²) in [6.45, 7) is 0.296. The molecule has 0 unspecified atom stereocenters. The van der Waals surface area contributed by atoms with Crippen molar-refractivity contribution in [2.24, 2.45) is 0 Å². The molecule has 1 aromatic carbocycles. The second-order valence-electron chi connectivity index (χ2n) is 3.65. The number of nitrogen functional groups attached to an aromatic ring is 1. The standard InChI is InChI=1S/C12H12N2O4S/c1-17-10-3-9(13)8(12(15)16)2-11(10)18-5-7-4-14-6-19-7/h2-4,6H,5,13H2,1H3,(H,15,16). The summed E-state index contributed by atoms with van der Waals surface area (Å²) in [5.74, 6) is -0.377. The third kappa shape index (κ3) is 2.94. The molecule has 0 radical (unpaired) electrons. The Hall–Kier alpha value is -2.28. The van der Waals surface area contributed by atoms with Crippen LogP contribution in [-0.4, -0.2) is 23.2 Å². The van der Waals surface area contributed by atoms with Gasteiger partial charge < -0.3 is 20.3 Å². The fourth-order valence-electron chi connectivity index (χ4n) is 1.50. The van der Waals surface area contributed by atoms with Gasteiger partial charge in [0.1, 0.15) is 6.61 Å². The van der Waals surface area contributed by atoms with Gasteiger partial charge in [0.2, 0.25) is 0 Å². The highest BCUT2D eigenvalue weighted by molar-refractivity contribution is 7.09. The molecular weight excluding hydrogens is 268 g/mol. The van der Waals surface area contributed by atoms with Crippen molar-refractivity contribution in [1.29, 1.82) is 0 Å². The lowest BCUT2D eigenvalue weighted by molar-refractivity contribution is 0.0697. The molecule has 2 rings (SSSR count). The summed E-state index contributed by atoms with van der Waals surface area (Å²) in [7, 11) is 1.47. The SMILES string of the molecule is COc1cc(N)c(C(=O)O)cc1OCc1cncs1. The number of carboxylic acid groups (broad SMARTS) is 1. The number of benzene rings is 1. The minimum atomic E-state index is -1.11. The van der Waals surface area contributed by atoms with E-state index in [0.717, 1.165) is 4.88 Å². The second kappa shape index (κ2) is 5.57. The molecule has 0 saturated carbocycles. The molecule has 0 amide bonds. The number of nitrogens with zero attached hydrogens (tertiary/aromatic N) is 1. The van der Waals surface area contributed by atoms with Crippen molar-refractivity contribution in [3.05, 3.63) is 34.3 Å². The minimum absolute atomic E-state index is 0.0138. The van der Waals surface area contributed by atoms with Crippen LogP contribution in [0.1, 0.15) is 15.2 Å². The van der Waals surface area contributed by atoms with E-state index in [2.05, 4.69) is 4.98 Å². The van der Waals surface area contributed by atoms with Crippen LogP contribution in [0.15, 0.2) is 23.8 Å². The maximum absolute atomic E-state index is 11.0. The first kappa shape index (κ1) is 13.2. The molecule has 0 aliphatic rings. The van der Waals surface area contributed by atoms with Gasteiger partial charge in [-0.2, -0.15) is 0 Å². The average molecular weight is 280 g/mol. The maximum Gasteiger partial charge on any atom is 0.337 e. The van der Waals surface area contributed by atoms with Crippen molar-refractivity contribution in [3.8, 4) is 11.5 Å². The average Bonchev–Trinajstić information content (AvgIpc) is 2.89. The third-order valence-corrected chi connectivity index (χ3v) is 3.17. The van der Waals surface area contributed by atoms with E-state index < -0.39 is 5.97 Å². The van der Waals surface area contributed by atoms with Gasteiger partial charge in [-0.25, -0.2) is 4.79 Å². The molecule has 0 spiro atoms. The number of carboxylic acids is 1. The Kier molecular flexibility index (Phi) is 3.86. The van der Waals surface area contributed by atoms with E-state index in [-0.39, 0.29) is 11.3 Å². The summed E-state index contributed by atoms with van der Waals surface area (Å²) < 4.78 is 10.7. The number of aromatic carboxylic acids is 1. The molecule has 6 nitrogen and oxygen atoms in total. The molecule has 0 aliphatic carbocycles. The number of carbonyl (C=O) groups is 1. The fourth-order valence-corrected chi connectivity index (χ4v) is 2.00. The smallest absolute Gasteiger partial charge is 0.337 e.